The van der Waals surface area contributed by atoms with E-state index in [4.69, 9.17) is 0 Å². The van der Waals surface area contributed by atoms with Crippen LogP contribution in [-0.4, -0.2) is 16.6 Å². The number of benzene rings is 1. The summed E-state index contributed by atoms with van der Waals surface area (Å²) in [6.07, 6.45) is 3.44. The van der Waals surface area contributed by atoms with Crippen LogP contribution in [0.2, 0.25) is 0 Å². The van der Waals surface area contributed by atoms with Crippen LogP contribution in [-0.2, 0) is 12.0 Å². The van der Waals surface area contributed by atoms with E-state index in [0.29, 0.717) is 5.75 Å². The maximum absolute atomic E-state index is 9.58. The number of phenolic OH excluding ortho intramolecular Hbond substituents is 1. The van der Waals surface area contributed by atoms with Crippen LogP contribution in [0.5, 0.6) is 5.75 Å². The van der Waals surface area contributed by atoms with Gasteiger partial charge in [-0.2, -0.15) is 0 Å². The fourth-order valence-electron chi connectivity index (χ4n) is 2.66. The first kappa shape index (κ1) is 9.76. The highest BCUT2D eigenvalue weighted by molar-refractivity contribution is 5.42. The molecule has 2 aliphatic rings. The van der Waals surface area contributed by atoms with Crippen LogP contribution in [0.3, 0.4) is 0 Å². The van der Waals surface area contributed by atoms with Crippen molar-refractivity contribution in [2.45, 2.75) is 32.2 Å². The van der Waals surface area contributed by atoms with Crippen LogP contribution >= 0.6 is 0 Å². The number of aromatic hydroxyl groups is 1. The lowest BCUT2D eigenvalue weighted by Crippen LogP contribution is -2.40. The molecular weight excluding hydrogens is 198 g/mol. The van der Waals surface area contributed by atoms with Gasteiger partial charge in [0.05, 0.1) is 0 Å². The quantitative estimate of drug-likeness (QED) is 0.778. The molecule has 16 heavy (non-hydrogen) atoms. The predicted octanol–water partition coefficient (Wildman–Crippen LogP) is 2.77. The van der Waals surface area contributed by atoms with Gasteiger partial charge in [0, 0.05) is 30.6 Å². The third-order valence-electron chi connectivity index (χ3n) is 3.56. The lowest BCUT2D eigenvalue weighted by atomic mass is 9.78. The molecule has 2 heteroatoms. The Labute approximate surface area is 96.2 Å². The Balaban J connectivity index is 2.04. The maximum atomic E-state index is 9.58. The molecule has 1 aliphatic heterocycles. The molecule has 2 nitrogen and oxygen atoms in total. The summed E-state index contributed by atoms with van der Waals surface area (Å²) < 4.78 is 0. The second-order valence-electron chi connectivity index (χ2n) is 5.48. The molecule has 1 aromatic rings. The van der Waals surface area contributed by atoms with Gasteiger partial charge in [0.15, 0.2) is 0 Å². The van der Waals surface area contributed by atoms with Gasteiger partial charge in [-0.15, -0.1) is 0 Å². The number of allylic oxidation sites excluding steroid dienone is 2. The third kappa shape index (κ3) is 1.49. The summed E-state index contributed by atoms with van der Waals surface area (Å²) in [5, 5.41) is 9.58. The average molecular weight is 215 g/mol. The van der Waals surface area contributed by atoms with Crippen molar-refractivity contribution in [3.63, 3.8) is 0 Å². The SMILES string of the molecule is CC1(C)CN(C2=CC2)Cc2ccc(O)cc21. The van der Waals surface area contributed by atoms with E-state index in [0.717, 1.165) is 19.5 Å². The summed E-state index contributed by atoms with van der Waals surface area (Å²) in [7, 11) is 0. The van der Waals surface area contributed by atoms with Crippen molar-refractivity contribution in [1.82, 2.24) is 4.90 Å². The third-order valence-corrected chi connectivity index (χ3v) is 3.56. The highest BCUT2D eigenvalue weighted by Crippen LogP contribution is 2.39. The highest BCUT2D eigenvalue weighted by atomic mass is 16.3. The van der Waals surface area contributed by atoms with Crippen molar-refractivity contribution < 1.29 is 5.11 Å². The van der Waals surface area contributed by atoms with Crippen LogP contribution < -0.4 is 0 Å². The molecular formula is C14H17NO. The molecule has 84 valence electrons. The highest BCUT2D eigenvalue weighted by Gasteiger charge is 2.34. The van der Waals surface area contributed by atoms with E-state index >= 15 is 0 Å². The van der Waals surface area contributed by atoms with Crippen LogP contribution in [0.1, 0.15) is 31.4 Å². The van der Waals surface area contributed by atoms with Crippen molar-refractivity contribution in [3.8, 4) is 5.75 Å². The molecule has 0 aromatic heterocycles. The zero-order valence-corrected chi connectivity index (χ0v) is 9.83. The first-order valence-electron chi connectivity index (χ1n) is 5.83. The van der Waals surface area contributed by atoms with Gasteiger partial charge >= 0.3 is 0 Å². The minimum atomic E-state index is 0.121. The van der Waals surface area contributed by atoms with Gasteiger partial charge in [-0.3, -0.25) is 0 Å². The van der Waals surface area contributed by atoms with E-state index in [1.807, 2.05) is 6.07 Å². The summed E-state index contributed by atoms with van der Waals surface area (Å²) in [4.78, 5) is 2.46. The van der Waals surface area contributed by atoms with E-state index in [1.54, 1.807) is 6.07 Å². The zero-order valence-electron chi connectivity index (χ0n) is 9.83. The molecule has 1 aliphatic carbocycles. The Morgan fingerprint density at radius 3 is 2.75 bits per heavy atom. The maximum Gasteiger partial charge on any atom is 0.115 e. The number of rotatable bonds is 1. The molecule has 0 unspecified atom stereocenters. The molecule has 0 radical (unpaired) electrons. The summed E-state index contributed by atoms with van der Waals surface area (Å²) in [6.45, 7) is 6.54. The Hall–Kier alpha value is -1.44. The number of hydrogen-bond acceptors (Lipinski definition) is 2. The average Bonchev–Trinajstić information content (AvgIpc) is 3.01. The molecule has 0 spiro atoms. The topological polar surface area (TPSA) is 23.5 Å². The van der Waals surface area contributed by atoms with Crippen LogP contribution in [0, 0.1) is 0 Å². The second kappa shape index (κ2) is 3.03. The summed E-state index contributed by atoms with van der Waals surface area (Å²) in [5.41, 5.74) is 4.24. The van der Waals surface area contributed by atoms with E-state index in [-0.39, 0.29) is 5.41 Å². The van der Waals surface area contributed by atoms with Gasteiger partial charge in [-0.05, 0) is 23.3 Å². The number of hydrogen-bond donors (Lipinski definition) is 1. The predicted molar refractivity (Wildman–Crippen MR) is 64.2 cm³/mol. The van der Waals surface area contributed by atoms with E-state index < -0.39 is 0 Å². The standard InChI is InChI=1S/C14H17NO/c1-14(2)9-15(11-4-5-11)8-10-3-6-12(16)7-13(10)14/h3-4,6-7,16H,5,8-9H2,1-2H3. The Morgan fingerprint density at radius 1 is 1.31 bits per heavy atom. The minimum absolute atomic E-state index is 0.121. The van der Waals surface area contributed by atoms with Crippen molar-refractivity contribution in [2.75, 3.05) is 6.54 Å². The van der Waals surface area contributed by atoms with Gasteiger partial charge in [0.1, 0.15) is 5.75 Å². The van der Waals surface area contributed by atoms with E-state index in [2.05, 4.69) is 30.9 Å². The summed E-state index contributed by atoms with van der Waals surface area (Å²) >= 11 is 0. The van der Waals surface area contributed by atoms with Crippen LogP contribution in [0.4, 0.5) is 0 Å². The fraction of sp³-hybridized carbons (Fsp3) is 0.429. The first-order chi connectivity index (χ1) is 7.56. The van der Waals surface area contributed by atoms with Crippen LogP contribution in [0.25, 0.3) is 0 Å². The van der Waals surface area contributed by atoms with Gasteiger partial charge in [0.2, 0.25) is 0 Å². The van der Waals surface area contributed by atoms with Crippen molar-refractivity contribution in [2.24, 2.45) is 0 Å². The lowest BCUT2D eigenvalue weighted by Gasteiger charge is -2.40. The van der Waals surface area contributed by atoms with Crippen molar-refractivity contribution >= 4 is 0 Å². The zero-order chi connectivity index (χ0) is 11.3. The Morgan fingerprint density at radius 2 is 2.06 bits per heavy atom. The first-order valence-corrected chi connectivity index (χ1v) is 5.83. The van der Waals surface area contributed by atoms with Crippen molar-refractivity contribution in [3.05, 3.63) is 41.1 Å². The Bertz CT molecular complexity index is 474. The van der Waals surface area contributed by atoms with Crippen molar-refractivity contribution in [1.29, 1.82) is 0 Å². The molecule has 0 saturated heterocycles. The van der Waals surface area contributed by atoms with Gasteiger partial charge in [0.25, 0.3) is 0 Å². The fourth-order valence-corrected chi connectivity index (χ4v) is 2.66. The molecule has 1 N–H and O–H groups in total. The monoisotopic (exact) mass is 215 g/mol. The smallest absolute Gasteiger partial charge is 0.115 e. The lowest BCUT2D eigenvalue weighted by molar-refractivity contribution is 0.250. The van der Waals surface area contributed by atoms with Crippen LogP contribution in [0.15, 0.2) is 30.0 Å². The van der Waals surface area contributed by atoms with E-state index in [1.165, 1.54) is 16.8 Å². The molecule has 3 rings (SSSR count). The molecule has 0 saturated carbocycles. The minimum Gasteiger partial charge on any atom is -0.508 e. The largest absolute Gasteiger partial charge is 0.508 e. The number of nitrogens with zero attached hydrogens (tertiary/aromatic N) is 1. The second-order valence-corrected chi connectivity index (χ2v) is 5.48. The van der Waals surface area contributed by atoms with Gasteiger partial charge < -0.3 is 10.0 Å². The molecule has 0 atom stereocenters. The van der Waals surface area contributed by atoms with E-state index in [9.17, 15) is 5.11 Å². The number of phenols is 1. The molecule has 0 amide bonds. The summed E-state index contributed by atoms with van der Waals surface area (Å²) in [6, 6.07) is 5.77. The number of fused-ring (bicyclic) bond motifs is 1. The molecule has 1 aromatic carbocycles. The molecule has 1 heterocycles. The molecule has 0 bridgehead atoms. The molecule has 0 fully saturated rings. The summed E-state index contributed by atoms with van der Waals surface area (Å²) in [5.74, 6) is 0.380. The normalized spacial score (nSPS) is 21.4. The van der Waals surface area contributed by atoms with Gasteiger partial charge in [-0.1, -0.05) is 26.0 Å². The van der Waals surface area contributed by atoms with Gasteiger partial charge in [-0.25, -0.2) is 0 Å². The Kier molecular flexibility index (Phi) is 1.85.